The summed E-state index contributed by atoms with van der Waals surface area (Å²) in [5.74, 6) is 0. The summed E-state index contributed by atoms with van der Waals surface area (Å²) < 4.78 is 1.03. The molecule has 1 rings (SSSR count). The number of hydrogen-bond acceptors (Lipinski definition) is 1. The Hall–Kier alpha value is -0.0500. The Kier molecular flexibility index (Phi) is 4.93. The van der Waals surface area contributed by atoms with Crippen LogP contribution in [0.4, 0.5) is 0 Å². The van der Waals surface area contributed by atoms with Crippen LogP contribution in [-0.4, -0.2) is 6.54 Å². The van der Waals surface area contributed by atoms with Gasteiger partial charge in [-0.2, -0.15) is 0 Å². The van der Waals surface area contributed by atoms with E-state index in [9.17, 15) is 0 Å². The first kappa shape index (κ1) is 12.0. The highest BCUT2D eigenvalue weighted by molar-refractivity contribution is 9.10. The highest BCUT2D eigenvalue weighted by Gasteiger charge is 2.05. The zero-order valence-corrected chi connectivity index (χ0v) is 10.8. The van der Waals surface area contributed by atoms with Crippen molar-refractivity contribution < 1.29 is 0 Å². The van der Waals surface area contributed by atoms with Crippen molar-refractivity contribution in [1.82, 2.24) is 5.32 Å². The van der Waals surface area contributed by atoms with E-state index in [0.29, 0.717) is 6.04 Å². The average molecular weight is 277 g/mol. The highest BCUT2D eigenvalue weighted by atomic mass is 79.9. The summed E-state index contributed by atoms with van der Waals surface area (Å²) in [6.45, 7) is 5.34. The van der Waals surface area contributed by atoms with E-state index < -0.39 is 0 Å². The molecule has 78 valence electrons. The van der Waals surface area contributed by atoms with E-state index in [1.54, 1.807) is 0 Å². The molecule has 14 heavy (non-hydrogen) atoms. The Labute approximate surface area is 99.0 Å². The van der Waals surface area contributed by atoms with Crippen LogP contribution in [0.1, 0.15) is 31.9 Å². The van der Waals surface area contributed by atoms with E-state index >= 15 is 0 Å². The third-order valence-corrected chi connectivity index (χ3v) is 2.76. The summed E-state index contributed by atoms with van der Waals surface area (Å²) in [5.41, 5.74) is 1.22. The number of benzene rings is 1. The van der Waals surface area contributed by atoms with Gasteiger partial charge in [0, 0.05) is 15.5 Å². The van der Waals surface area contributed by atoms with E-state index in [4.69, 9.17) is 11.6 Å². The van der Waals surface area contributed by atoms with Gasteiger partial charge in [-0.3, -0.25) is 0 Å². The lowest BCUT2D eigenvalue weighted by Crippen LogP contribution is -2.19. The molecule has 0 saturated carbocycles. The maximum atomic E-state index is 5.97. The van der Waals surface area contributed by atoms with Crippen molar-refractivity contribution in [3.05, 3.63) is 33.3 Å². The van der Waals surface area contributed by atoms with Gasteiger partial charge in [-0.05, 0) is 43.7 Å². The van der Waals surface area contributed by atoms with Crippen LogP contribution in [0.25, 0.3) is 0 Å². The molecule has 0 amide bonds. The molecule has 3 heteroatoms. The third kappa shape index (κ3) is 3.60. The SMILES string of the molecule is CCCNC(C)c1cc(Cl)cc(Br)c1. The Morgan fingerprint density at radius 3 is 2.71 bits per heavy atom. The molecule has 1 N–H and O–H groups in total. The Bertz CT molecular complexity index is 281. The zero-order valence-electron chi connectivity index (χ0n) is 8.48. The van der Waals surface area contributed by atoms with Crippen LogP contribution < -0.4 is 5.32 Å². The third-order valence-electron chi connectivity index (χ3n) is 2.09. The van der Waals surface area contributed by atoms with Gasteiger partial charge >= 0.3 is 0 Å². The molecule has 0 aliphatic carbocycles. The Morgan fingerprint density at radius 1 is 1.43 bits per heavy atom. The molecule has 0 radical (unpaired) electrons. The normalized spacial score (nSPS) is 12.9. The lowest BCUT2D eigenvalue weighted by molar-refractivity contribution is 0.570. The van der Waals surface area contributed by atoms with Crippen LogP contribution in [0.15, 0.2) is 22.7 Å². The minimum atomic E-state index is 0.352. The molecule has 0 fully saturated rings. The van der Waals surface area contributed by atoms with Gasteiger partial charge < -0.3 is 5.32 Å². The Balaban J connectivity index is 2.73. The van der Waals surface area contributed by atoms with Crippen molar-refractivity contribution >= 4 is 27.5 Å². The fraction of sp³-hybridized carbons (Fsp3) is 0.455. The first-order chi connectivity index (χ1) is 6.63. The van der Waals surface area contributed by atoms with Crippen LogP contribution in [0.2, 0.25) is 5.02 Å². The molecule has 0 saturated heterocycles. The fourth-order valence-corrected chi connectivity index (χ4v) is 2.19. The molecule has 0 spiro atoms. The molecular formula is C11H15BrClN. The van der Waals surface area contributed by atoms with E-state index in [1.165, 1.54) is 5.56 Å². The summed E-state index contributed by atoms with van der Waals surface area (Å²) in [5, 5.41) is 4.20. The molecule has 1 unspecified atom stereocenters. The smallest absolute Gasteiger partial charge is 0.0420 e. The van der Waals surface area contributed by atoms with Crippen molar-refractivity contribution in [2.75, 3.05) is 6.54 Å². The van der Waals surface area contributed by atoms with E-state index in [0.717, 1.165) is 22.5 Å². The highest BCUT2D eigenvalue weighted by Crippen LogP contribution is 2.23. The monoisotopic (exact) mass is 275 g/mol. The van der Waals surface area contributed by atoms with Crippen molar-refractivity contribution in [2.24, 2.45) is 0 Å². The van der Waals surface area contributed by atoms with Crippen LogP contribution in [-0.2, 0) is 0 Å². The molecule has 0 bridgehead atoms. The minimum Gasteiger partial charge on any atom is -0.310 e. The second kappa shape index (κ2) is 5.74. The topological polar surface area (TPSA) is 12.0 Å². The first-order valence-electron chi connectivity index (χ1n) is 4.83. The second-order valence-corrected chi connectivity index (χ2v) is 4.73. The van der Waals surface area contributed by atoms with Gasteiger partial charge in [0.25, 0.3) is 0 Å². The number of rotatable bonds is 4. The molecule has 0 aromatic heterocycles. The summed E-state index contributed by atoms with van der Waals surface area (Å²) in [6, 6.07) is 6.35. The van der Waals surface area contributed by atoms with Gasteiger partial charge in [-0.15, -0.1) is 0 Å². The fourth-order valence-electron chi connectivity index (χ4n) is 1.30. The van der Waals surface area contributed by atoms with E-state index in [1.807, 2.05) is 12.1 Å². The summed E-state index contributed by atoms with van der Waals surface area (Å²) in [7, 11) is 0. The summed E-state index contributed by atoms with van der Waals surface area (Å²) in [4.78, 5) is 0. The molecule has 1 aromatic rings. The minimum absolute atomic E-state index is 0.352. The van der Waals surface area contributed by atoms with Crippen molar-refractivity contribution in [3.8, 4) is 0 Å². The first-order valence-corrected chi connectivity index (χ1v) is 6.00. The second-order valence-electron chi connectivity index (χ2n) is 3.38. The molecule has 0 heterocycles. The van der Waals surface area contributed by atoms with E-state index in [2.05, 4.69) is 41.2 Å². The van der Waals surface area contributed by atoms with Crippen molar-refractivity contribution in [1.29, 1.82) is 0 Å². The van der Waals surface area contributed by atoms with Gasteiger partial charge in [0.1, 0.15) is 0 Å². The van der Waals surface area contributed by atoms with Gasteiger partial charge in [0.05, 0.1) is 0 Å². The predicted molar refractivity (Wildman–Crippen MR) is 65.9 cm³/mol. The zero-order chi connectivity index (χ0) is 10.6. The van der Waals surface area contributed by atoms with Crippen molar-refractivity contribution in [2.45, 2.75) is 26.3 Å². The molecular weight excluding hydrogens is 261 g/mol. The molecule has 1 nitrogen and oxygen atoms in total. The molecule has 0 aliphatic heterocycles. The van der Waals surface area contributed by atoms with Gasteiger partial charge in [-0.1, -0.05) is 34.5 Å². The van der Waals surface area contributed by atoms with Crippen LogP contribution >= 0.6 is 27.5 Å². The van der Waals surface area contributed by atoms with Crippen molar-refractivity contribution in [3.63, 3.8) is 0 Å². The molecule has 1 atom stereocenters. The molecule has 0 aliphatic rings. The Morgan fingerprint density at radius 2 is 2.14 bits per heavy atom. The predicted octanol–water partition coefficient (Wildman–Crippen LogP) is 4.16. The average Bonchev–Trinajstić information content (AvgIpc) is 2.12. The maximum Gasteiger partial charge on any atom is 0.0420 e. The number of hydrogen-bond donors (Lipinski definition) is 1. The van der Waals surface area contributed by atoms with Crippen LogP contribution in [0.5, 0.6) is 0 Å². The summed E-state index contributed by atoms with van der Waals surface area (Å²) >= 11 is 9.41. The number of halogens is 2. The lowest BCUT2D eigenvalue weighted by Gasteiger charge is -2.14. The van der Waals surface area contributed by atoms with Crippen LogP contribution in [0.3, 0.4) is 0 Å². The molecule has 1 aromatic carbocycles. The maximum absolute atomic E-state index is 5.97. The standard InChI is InChI=1S/C11H15BrClN/c1-3-4-14-8(2)9-5-10(12)7-11(13)6-9/h5-8,14H,3-4H2,1-2H3. The van der Waals surface area contributed by atoms with Crippen LogP contribution in [0, 0.1) is 0 Å². The largest absolute Gasteiger partial charge is 0.310 e. The van der Waals surface area contributed by atoms with Gasteiger partial charge in [0.15, 0.2) is 0 Å². The lowest BCUT2D eigenvalue weighted by atomic mass is 10.1. The number of nitrogens with one attached hydrogen (secondary N) is 1. The quantitative estimate of drug-likeness (QED) is 0.870. The summed E-state index contributed by atoms with van der Waals surface area (Å²) in [6.07, 6.45) is 1.14. The van der Waals surface area contributed by atoms with E-state index in [-0.39, 0.29) is 0 Å². The van der Waals surface area contributed by atoms with Gasteiger partial charge in [0.2, 0.25) is 0 Å². The van der Waals surface area contributed by atoms with Gasteiger partial charge in [-0.25, -0.2) is 0 Å².